The fourth-order valence-corrected chi connectivity index (χ4v) is 2.39. The maximum absolute atomic E-state index is 14.2. The lowest BCUT2D eigenvalue weighted by Crippen LogP contribution is -2.19. The minimum absolute atomic E-state index is 0.0948. The highest BCUT2D eigenvalue weighted by Gasteiger charge is 2.18. The Kier molecular flexibility index (Phi) is 5.41. The number of rotatable bonds is 5. The van der Waals surface area contributed by atoms with E-state index in [1.54, 1.807) is 17.9 Å². The van der Waals surface area contributed by atoms with Gasteiger partial charge in [0.1, 0.15) is 17.9 Å². The topological polar surface area (TPSA) is 94.3 Å². The summed E-state index contributed by atoms with van der Waals surface area (Å²) >= 11 is 6.13. The number of anilines is 4. The van der Waals surface area contributed by atoms with Gasteiger partial charge >= 0.3 is 5.95 Å². The number of amides is 1. The van der Waals surface area contributed by atoms with E-state index in [2.05, 4.69) is 37.6 Å². The smallest absolute Gasteiger partial charge is 0.320 e. The molecule has 138 valence electrons. The Hall–Kier alpha value is -3.33. The number of halogens is 2. The minimum atomic E-state index is -0.533. The lowest BCUT2D eigenvalue weighted by atomic mass is 10.2. The first kappa shape index (κ1) is 18.5. The molecule has 0 saturated carbocycles. The molecule has 1 aliphatic rings. The third-order valence-electron chi connectivity index (χ3n) is 3.60. The van der Waals surface area contributed by atoms with Crippen molar-refractivity contribution in [3.63, 3.8) is 0 Å². The van der Waals surface area contributed by atoms with Gasteiger partial charge in [0.15, 0.2) is 5.82 Å². The number of hydrogen-bond acceptors (Lipinski definition) is 6. The molecule has 27 heavy (non-hydrogen) atoms. The van der Waals surface area contributed by atoms with E-state index in [1.807, 2.05) is 0 Å². The Morgan fingerprint density at radius 2 is 2.22 bits per heavy atom. The van der Waals surface area contributed by atoms with Crippen LogP contribution in [0.25, 0.3) is 0 Å². The second kappa shape index (κ2) is 7.92. The number of carbonyl (C=O) groups is 1. The molecule has 0 saturated heterocycles. The molecule has 10 heteroatoms. The van der Waals surface area contributed by atoms with Gasteiger partial charge in [-0.05, 0) is 24.3 Å². The second-order valence-corrected chi connectivity index (χ2v) is 5.91. The average Bonchev–Trinajstić information content (AvgIpc) is 3.05. The van der Waals surface area contributed by atoms with Crippen molar-refractivity contribution in [2.75, 3.05) is 23.0 Å². The first-order valence-corrected chi connectivity index (χ1v) is 8.25. The molecule has 3 rings (SSSR count). The molecule has 1 aliphatic heterocycles. The summed E-state index contributed by atoms with van der Waals surface area (Å²) in [5.74, 6) is 0.352. The number of amidine groups is 1. The van der Waals surface area contributed by atoms with Gasteiger partial charge in [-0.1, -0.05) is 23.3 Å². The molecular formula is C17H16ClFN7O+. The van der Waals surface area contributed by atoms with Crippen LogP contribution < -0.4 is 16.0 Å². The van der Waals surface area contributed by atoms with E-state index >= 15 is 0 Å². The van der Waals surface area contributed by atoms with E-state index in [4.69, 9.17) is 11.6 Å². The summed E-state index contributed by atoms with van der Waals surface area (Å²) in [6.07, 6.45) is 4.88. The Labute approximate surface area is 159 Å². The first-order valence-electron chi connectivity index (χ1n) is 7.88. The van der Waals surface area contributed by atoms with Gasteiger partial charge in [0.05, 0.1) is 24.5 Å². The molecule has 3 N–H and O–H groups in total. The molecule has 0 unspecified atom stereocenters. The van der Waals surface area contributed by atoms with Crippen LogP contribution in [-0.2, 0) is 4.79 Å². The van der Waals surface area contributed by atoms with Crippen LogP contribution in [0.1, 0.15) is 6.42 Å². The van der Waals surface area contributed by atoms with Crippen molar-refractivity contribution in [2.24, 2.45) is 5.10 Å². The van der Waals surface area contributed by atoms with Crippen LogP contribution in [0.5, 0.6) is 0 Å². The SMILES string of the molecule is C=CC(=O)Nc1ccc(F)c(Nc2nc(NC3=[N+](C)N=CC3)ncc2Cl)c1. The van der Waals surface area contributed by atoms with Crippen LogP contribution >= 0.6 is 11.6 Å². The van der Waals surface area contributed by atoms with Crippen molar-refractivity contribution in [1.82, 2.24) is 9.97 Å². The quantitative estimate of drug-likeness (QED) is 0.540. The maximum atomic E-state index is 14.2. The third kappa shape index (κ3) is 4.45. The molecule has 1 aromatic heterocycles. The van der Waals surface area contributed by atoms with Gasteiger partial charge in [-0.15, -0.1) is 4.68 Å². The molecule has 0 fully saturated rings. The van der Waals surface area contributed by atoms with E-state index in [0.29, 0.717) is 12.1 Å². The lowest BCUT2D eigenvalue weighted by molar-refractivity contribution is -0.499. The summed E-state index contributed by atoms with van der Waals surface area (Å²) in [6.45, 7) is 3.38. The molecule has 0 atom stereocenters. The van der Waals surface area contributed by atoms with Crippen LogP contribution in [0.2, 0.25) is 5.02 Å². The summed E-state index contributed by atoms with van der Waals surface area (Å²) in [5.41, 5.74) is 0.491. The number of nitrogens with one attached hydrogen (secondary N) is 3. The number of nitrogens with zero attached hydrogens (tertiary/aromatic N) is 4. The zero-order valence-electron chi connectivity index (χ0n) is 14.3. The van der Waals surface area contributed by atoms with Gasteiger partial charge in [-0.25, -0.2) is 9.71 Å². The van der Waals surface area contributed by atoms with Crippen molar-refractivity contribution >= 4 is 52.7 Å². The highest BCUT2D eigenvalue weighted by atomic mass is 35.5. The monoisotopic (exact) mass is 388 g/mol. The van der Waals surface area contributed by atoms with E-state index in [9.17, 15) is 9.18 Å². The molecule has 0 bridgehead atoms. The number of carbonyl (C=O) groups excluding carboxylic acids is 1. The number of hydrogen-bond donors (Lipinski definition) is 3. The van der Waals surface area contributed by atoms with E-state index in [0.717, 1.165) is 11.9 Å². The van der Waals surface area contributed by atoms with Gasteiger partial charge in [0, 0.05) is 5.69 Å². The van der Waals surface area contributed by atoms with Crippen molar-refractivity contribution in [1.29, 1.82) is 0 Å². The fourth-order valence-electron chi connectivity index (χ4n) is 2.25. The average molecular weight is 389 g/mol. The van der Waals surface area contributed by atoms with Crippen LogP contribution in [0, 0.1) is 5.82 Å². The number of hydrazone groups is 1. The molecule has 2 heterocycles. The Morgan fingerprint density at radius 3 is 2.93 bits per heavy atom. The van der Waals surface area contributed by atoms with Gasteiger partial charge in [0.2, 0.25) is 5.91 Å². The summed E-state index contributed by atoms with van der Waals surface area (Å²) in [7, 11) is 1.79. The maximum Gasteiger partial charge on any atom is 0.320 e. The van der Waals surface area contributed by atoms with Crippen molar-refractivity contribution in [2.45, 2.75) is 6.42 Å². The highest BCUT2D eigenvalue weighted by Crippen LogP contribution is 2.27. The van der Waals surface area contributed by atoms with Gasteiger partial charge < -0.3 is 10.6 Å². The molecule has 0 radical (unpaired) electrons. The molecular weight excluding hydrogens is 373 g/mol. The molecule has 0 spiro atoms. The van der Waals surface area contributed by atoms with Crippen LogP contribution in [-0.4, -0.2) is 39.7 Å². The van der Waals surface area contributed by atoms with E-state index in [-0.39, 0.29) is 22.5 Å². The van der Waals surface area contributed by atoms with Gasteiger partial charge in [-0.2, -0.15) is 9.97 Å². The second-order valence-electron chi connectivity index (χ2n) is 5.50. The zero-order valence-corrected chi connectivity index (χ0v) is 15.1. The minimum Gasteiger partial charge on any atom is -0.336 e. The third-order valence-corrected chi connectivity index (χ3v) is 3.88. The fraction of sp³-hybridized carbons (Fsp3) is 0.118. The van der Waals surface area contributed by atoms with Crippen LogP contribution in [0.15, 0.2) is 42.2 Å². The Balaban J connectivity index is 1.83. The normalized spacial score (nSPS) is 12.9. The summed E-state index contributed by atoms with van der Waals surface area (Å²) < 4.78 is 15.8. The standard InChI is InChI=1S/C17H15ClFN7O/c1-3-15(27)22-10-4-5-12(19)13(8-10)23-16-11(18)9-20-17(25-16)24-14-6-7-21-26(14)2/h3-5,7-9H,1,6H2,2H3,(H2,20,22,23,25,27)/p+1. The molecule has 8 nitrogen and oxygen atoms in total. The van der Waals surface area contributed by atoms with Crippen molar-refractivity contribution in [3.8, 4) is 0 Å². The van der Waals surface area contributed by atoms with Gasteiger partial charge in [-0.3, -0.25) is 4.79 Å². The predicted octanol–water partition coefficient (Wildman–Crippen LogP) is 2.98. The highest BCUT2D eigenvalue weighted by molar-refractivity contribution is 6.33. The van der Waals surface area contributed by atoms with Crippen LogP contribution in [0.4, 0.5) is 27.5 Å². The summed E-state index contributed by atoms with van der Waals surface area (Å²) in [5, 5.41) is 12.7. The largest absolute Gasteiger partial charge is 0.336 e. The van der Waals surface area contributed by atoms with Gasteiger partial charge in [0.25, 0.3) is 5.84 Å². The molecule has 0 aliphatic carbocycles. The molecule has 1 aromatic carbocycles. The Morgan fingerprint density at radius 1 is 1.41 bits per heavy atom. The summed E-state index contributed by atoms with van der Waals surface area (Å²) in [4.78, 5) is 19.8. The predicted molar refractivity (Wildman–Crippen MR) is 103 cm³/mol. The van der Waals surface area contributed by atoms with E-state index in [1.165, 1.54) is 24.4 Å². The van der Waals surface area contributed by atoms with Crippen LogP contribution in [0.3, 0.4) is 0 Å². The summed E-state index contributed by atoms with van der Waals surface area (Å²) in [6, 6.07) is 4.08. The number of aromatic nitrogens is 2. The lowest BCUT2D eigenvalue weighted by Gasteiger charge is -2.11. The first-order chi connectivity index (χ1) is 13.0. The molecule has 2 aromatic rings. The Bertz CT molecular complexity index is 974. The van der Waals surface area contributed by atoms with Crippen molar-refractivity contribution in [3.05, 3.63) is 47.9 Å². The zero-order chi connectivity index (χ0) is 19.4. The number of benzene rings is 1. The van der Waals surface area contributed by atoms with E-state index < -0.39 is 11.7 Å². The molecule has 1 amide bonds. The van der Waals surface area contributed by atoms with Crippen molar-refractivity contribution < 1.29 is 13.9 Å².